The molecular formula is C13H12FN3O2. The minimum absolute atomic E-state index is 0.0209. The highest BCUT2D eigenvalue weighted by atomic mass is 19.1. The molecule has 3 rings (SSSR count). The van der Waals surface area contributed by atoms with Crippen molar-refractivity contribution in [1.82, 2.24) is 10.1 Å². The van der Waals surface area contributed by atoms with Gasteiger partial charge in [0.1, 0.15) is 5.82 Å². The molecule has 1 fully saturated rings. The van der Waals surface area contributed by atoms with Crippen molar-refractivity contribution >= 4 is 11.6 Å². The normalized spacial score (nSPS) is 19.2. The average Bonchev–Trinajstić information content (AvgIpc) is 2.97. The molecule has 5 nitrogen and oxygen atoms in total. The van der Waals surface area contributed by atoms with Gasteiger partial charge in [-0.2, -0.15) is 4.98 Å². The van der Waals surface area contributed by atoms with Crippen LogP contribution in [0.5, 0.6) is 0 Å². The van der Waals surface area contributed by atoms with Gasteiger partial charge in [-0.1, -0.05) is 5.16 Å². The molecule has 2 heterocycles. The van der Waals surface area contributed by atoms with Gasteiger partial charge in [0.25, 0.3) is 0 Å². The molecule has 1 saturated heterocycles. The van der Waals surface area contributed by atoms with Crippen LogP contribution in [0.4, 0.5) is 10.1 Å². The maximum Gasteiger partial charge on any atom is 0.232 e. The van der Waals surface area contributed by atoms with Crippen LogP contribution in [0.25, 0.3) is 0 Å². The summed E-state index contributed by atoms with van der Waals surface area (Å²) in [5.74, 6) is 0.601. The Balaban J connectivity index is 1.82. The molecule has 6 heteroatoms. The molecule has 1 atom stereocenters. The van der Waals surface area contributed by atoms with Gasteiger partial charge in [0.2, 0.25) is 11.8 Å². The summed E-state index contributed by atoms with van der Waals surface area (Å²) in [7, 11) is 0. The molecule has 19 heavy (non-hydrogen) atoms. The van der Waals surface area contributed by atoms with Crippen LogP contribution in [-0.4, -0.2) is 22.6 Å². The number of rotatable bonds is 2. The highest BCUT2D eigenvalue weighted by Crippen LogP contribution is 2.30. The minimum Gasteiger partial charge on any atom is -0.339 e. The molecule has 2 aromatic rings. The third-order valence-corrected chi connectivity index (χ3v) is 3.16. The summed E-state index contributed by atoms with van der Waals surface area (Å²) in [6.07, 6.45) is 0.332. The maximum atomic E-state index is 12.9. The van der Waals surface area contributed by atoms with E-state index in [9.17, 15) is 9.18 Å². The predicted octanol–water partition coefficient (Wildman–Crippen LogP) is 2.04. The number of halogens is 1. The third-order valence-electron chi connectivity index (χ3n) is 3.16. The molecule has 1 amide bonds. The van der Waals surface area contributed by atoms with Crippen LogP contribution in [0, 0.1) is 12.7 Å². The lowest BCUT2D eigenvalue weighted by Gasteiger charge is -2.15. The fourth-order valence-corrected chi connectivity index (χ4v) is 2.22. The Hall–Kier alpha value is -2.24. The van der Waals surface area contributed by atoms with Crippen molar-refractivity contribution in [3.05, 3.63) is 41.8 Å². The standard InChI is InChI=1S/C13H12FN3O2/c1-8-15-13(19-16-8)9-6-12(18)17(7-9)11-4-2-10(14)3-5-11/h2-5,9H,6-7H2,1H3. The van der Waals surface area contributed by atoms with Crippen LogP contribution in [0.1, 0.15) is 24.1 Å². The molecule has 0 bridgehead atoms. The van der Waals surface area contributed by atoms with Crippen LogP contribution in [0.15, 0.2) is 28.8 Å². The minimum atomic E-state index is -0.320. The van der Waals surface area contributed by atoms with Crippen molar-refractivity contribution in [3.63, 3.8) is 0 Å². The molecule has 1 aromatic heterocycles. The van der Waals surface area contributed by atoms with E-state index in [2.05, 4.69) is 10.1 Å². The second kappa shape index (κ2) is 4.46. The molecule has 1 aliphatic rings. The topological polar surface area (TPSA) is 59.2 Å². The van der Waals surface area contributed by atoms with Crippen LogP contribution < -0.4 is 4.90 Å². The second-order valence-corrected chi connectivity index (χ2v) is 4.56. The van der Waals surface area contributed by atoms with Gasteiger partial charge >= 0.3 is 0 Å². The summed E-state index contributed by atoms with van der Waals surface area (Å²) < 4.78 is 18.0. The Bertz CT molecular complexity index is 609. The quantitative estimate of drug-likeness (QED) is 0.830. The van der Waals surface area contributed by atoms with Crippen LogP contribution >= 0.6 is 0 Å². The first-order valence-corrected chi connectivity index (χ1v) is 5.99. The number of hydrogen-bond acceptors (Lipinski definition) is 4. The smallest absolute Gasteiger partial charge is 0.232 e. The largest absolute Gasteiger partial charge is 0.339 e. The number of aryl methyl sites for hydroxylation is 1. The van der Waals surface area contributed by atoms with Crippen LogP contribution in [0.3, 0.4) is 0 Å². The summed E-state index contributed by atoms with van der Waals surface area (Å²) in [6, 6.07) is 5.86. The van der Waals surface area contributed by atoms with E-state index >= 15 is 0 Å². The fourth-order valence-electron chi connectivity index (χ4n) is 2.22. The zero-order valence-electron chi connectivity index (χ0n) is 10.3. The number of carbonyl (C=O) groups is 1. The van der Waals surface area contributed by atoms with Crippen LogP contribution in [-0.2, 0) is 4.79 Å². The van der Waals surface area contributed by atoms with E-state index in [1.807, 2.05) is 0 Å². The van der Waals surface area contributed by atoms with E-state index in [1.54, 1.807) is 24.0 Å². The number of amides is 1. The van der Waals surface area contributed by atoms with Gasteiger partial charge in [0.15, 0.2) is 5.82 Å². The van der Waals surface area contributed by atoms with Gasteiger partial charge in [-0.15, -0.1) is 0 Å². The summed E-state index contributed by atoms with van der Waals surface area (Å²) in [6.45, 7) is 2.22. The average molecular weight is 261 g/mol. The monoisotopic (exact) mass is 261 g/mol. The Morgan fingerprint density at radius 3 is 2.74 bits per heavy atom. The first kappa shape index (κ1) is 11.8. The summed E-state index contributed by atoms with van der Waals surface area (Å²) in [5.41, 5.74) is 0.685. The van der Waals surface area contributed by atoms with Gasteiger partial charge in [0, 0.05) is 18.7 Å². The van der Waals surface area contributed by atoms with Gasteiger partial charge < -0.3 is 9.42 Å². The van der Waals surface area contributed by atoms with E-state index in [-0.39, 0.29) is 17.6 Å². The zero-order chi connectivity index (χ0) is 13.4. The summed E-state index contributed by atoms with van der Waals surface area (Å²) in [4.78, 5) is 17.8. The molecule has 1 aliphatic heterocycles. The maximum absolute atomic E-state index is 12.9. The lowest BCUT2D eigenvalue weighted by molar-refractivity contribution is -0.117. The SMILES string of the molecule is Cc1noc(C2CC(=O)N(c3ccc(F)cc3)C2)n1. The van der Waals surface area contributed by atoms with E-state index in [4.69, 9.17) is 4.52 Å². The van der Waals surface area contributed by atoms with E-state index in [0.717, 1.165) is 0 Å². The molecule has 0 N–H and O–H groups in total. The molecule has 0 aliphatic carbocycles. The molecule has 0 saturated carbocycles. The molecule has 0 spiro atoms. The summed E-state index contributed by atoms with van der Waals surface area (Å²) >= 11 is 0. The van der Waals surface area contributed by atoms with E-state index < -0.39 is 0 Å². The Kier molecular flexibility index (Phi) is 2.77. The van der Waals surface area contributed by atoms with Crippen LogP contribution in [0.2, 0.25) is 0 Å². The van der Waals surface area contributed by atoms with Crippen molar-refractivity contribution in [1.29, 1.82) is 0 Å². The fraction of sp³-hybridized carbons (Fsp3) is 0.308. The molecule has 0 radical (unpaired) electrons. The zero-order valence-corrected chi connectivity index (χ0v) is 10.3. The van der Waals surface area contributed by atoms with Gasteiger partial charge in [-0.25, -0.2) is 4.39 Å². The van der Waals surface area contributed by atoms with Gasteiger partial charge in [0.05, 0.1) is 5.92 Å². The Morgan fingerprint density at radius 2 is 2.11 bits per heavy atom. The lowest BCUT2D eigenvalue weighted by atomic mass is 10.1. The summed E-state index contributed by atoms with van der Waals surface area (Å²) in [5, 5.41) is 3.73. The number of carbonyl (C=O) groups excluding carboxylic acids is 1. The predicted molar refractivity (Wildman–Crippen MR) is 65.1 cm³/mol. The molecule has 1 unspecified atom stereocenters. The third kappa shape index (κ3) is 2.21. The van der Waals surface area contributed by atoms with Crippen molar-refractivity contribution in [2.45, 2.75) is 19.3 Å². The van der Waals surface area contributed by atoms with Crippen molar-refractivity contribution < 1.29 is 13.7 Å². The van der Waals surface area contributed by atoms with E-state index in [0.29, 0.717) is 30.4 Å². The Morgan fingerprint density at radius 1 is 1.37 bits per heavy atom. The highest BCUT2D eigenvalue weighted by molar-refractivity contribution is 5.96. The van der Waals surface area contributed by atoms with Gasteiger partial charge in [-0.3, -0.25) is 4.79 Å². The number of benzene rings is 1. The van der Waals surface area contributed by atoms with Gasteiger partial charge in [-0.05, 0) is 31.2 Å². The second-order valence-electron chi connectivity index (χ2n) is 4.56. The number of anilines is 1. The Labute approximate surface area is 109 Å². The van der Waals surface area contributed by atoms with E-state index in [1.165, 1.54) is 12.1 Å². The number of nitrogens with zero attached hydrogens (tertiary/aromatic N) is 3. The first-order chi connectivity index (χ1) is 9.13. The molecule has 1 aromatic carbocycles. The van der Waals surface area contributed by atoms with Crippen molar-refractivity contribution in [2.75, 3.05) is 11.4 Å². The lowest BCUT2D eigenvalue weighted by Crippen LogP contribution is -2.24. The number of hydrogen-bond donors (Lipinski definition) is 0. The first-order valence-electron chi connectivity index (χ1n) is 5.99. The number of aromatic nitrogens is 2. The molecule has 98 valence electrons. The highest BCUT2D eigenvalue weighted by Gasteiger charge is 2.34. The van der Waals surface area contributed by atoms with Crippen molar-refractivity contribution in [2.24, 2.45) is 0 Å². The molecular weight excluding hydrogens is 249 g/mol. The van der Waals surface area contributed by atoms with Crippen molar-refractivity contribution in [3.8, 4) is 0 Å².